The molecule has 3 fully saturated rings. The summed E-state index contributed by atoms with van der Waals surface area (Å²) in [5.41, 5.74) is 1.13. The van der Waals surface area contributed by atoms with Crippen molar-refractivity contribution in [2.45, 2.75) is 125 Å². The van der Waals surface area contributed by atoms with E-state index in [9.17, 15) is 19.2 Å². The van der Waals surface area contributed by atoms with Crippen LogP contribution in [0, 0.1) is 34.5 Å². The maximum atomic E-state index is 13.3. The second-order valence-electron chi connectivity index (χ2n) is 16.6. The van der Waals surface area contributed by atoms with Crippen LogP contribution in [0.15, 0.2) is 16.8 Å². The molecule has 2 N–H and O–H groups in total. The fraction of sp³-hybridized carbons (Fsp3) is 0.806. The number of hydrogen-bond donors (Lipinski definition) is 2. The molecule has 4 aliphatic carbocycles. The second-order valence-corrected chi connectivity index (χ2v) is 16.6. The minimum atomic E-state index is -0.656. The molecule has 0 heterocycles. The molecule has 6 atom stereocenters. The van der Waals surface area contributed by atoms with E-state index in [1.165, 1.54) is 10.5 Å². The number of allylic oxidation sites excluding steroid dienone is 1. The maximum absolute atomic E-state index is 13.3. The Morgan fingerprint density at radius 1 is 0.872 bits per heavy atom. The van der Waals surface area contributed by atoms with Crippen molar-refractivity contribution in [3.05, 3.63) is 11.6 Å². The number of oxime groups is 1. The molecule has 0 spiro atoms. The number of nitrogens with one attached hydrogen (secondary N) is 2. The van der Waals surface area contributed by atoms with Gasteiger partial charge in [-0.05, 0) is 128 Å². The lowest BCUT2D eigenvalue weighted by Gasteiger charge is -2.58. The third-order valence-corrected chi connectivity index (χ3v) is 11.1. The van der Waals surface area contributed by atoms with E-state index >= 15 is 0 Å². The van der Waals surface area contributed by atoms with Gasteiger partial charge in [0, 0.05) is 38.5 Å². The van der Waals surface area contributed by atoms with Gasteiger partial charge in [0.25, 0.3) is 0 Å². The van der Waals surface area contributed by atoms with Gasteiger partial charge >= 0.3 is 18.3 Å². The second kappa shape index (κ2) is 14.2. The Bertz CT molecular complexity index is 1230. The first kappa shape index (κ1) is 36.7. The molecule has 264 valence electrons. The summed E-state index contributed by atoms with van der Waals surface area (Å²) in [6, 6.07) is 0. The zero-order valence-corrected chi connectivity index (χ0v) is 30.1. The van der Waals surface area contributed by atoms with Crippen molar-refractivity contribution < 1.29 is 33.5 Å². The molecular formula is C36H58N4O7. The summed E-state index contributed by atoms with van der Waals surface area (Å²) in [5, 5.41) is 9.73. The summed E-state index contributed by atoms with van der Waals surface area (Å²) >= 11 is 0. The first-order chi connectivity index (χ1) is 21.8. The Balaban J connectivity index is 1.39. The highest BCUT2D eigenvalue weighted by Crippen LogP contribution is 2.66. The molecule has 3 amide bonds. The van der Waals surface area contributed by atoms with Crippen molar-refractivity contribution in [1.82, 2.24) is 15.5 Å². The number of alkyl carbamates (subject to hydrolysis) is 2. The van der Waals surface area contributed by atoms with Crippen molar-refractivity contribution in [2.24, 2.45) is 39.7 Å². The van der Waals surface area contributed by atoms with Crippen LogP contribution < -0.4 is 10.6 Å². The predicted octanol–water partition coefficient (Wildman–Crippen LogP) is 7.00. The lowest BCUT2D eigenvalue weighted by Crippen LogP contribution is -2.51. The van der Waals surface area contributed by atoms with Gasteiger partial charge in [-0.3, -0.25) is 9.63 Å². The number of hydrogen-bond acceptors (Lipinski definition) is 8. The van der Waals surface area contributed by atoms with Crippen molar-refractivity contribution in [1.29, 1.82) is 0 Å². The van der Waals surface area contributed by atoms with E-state index in [4.69, 9.17) is 14.3 Å². The van der Waals surface area contributed by atoms with Crippen LogP contribution in [0.1, 0.15) is 114 Å². The average Bonchev–Trinajstić information content (AvgIpc) is 3.30. The molecule has 11 nitrogen and oxygen atoms in total. The Morgan fingerprint density at radius 3 is 2.04 bits per heavy atom. The van der Waals surface area contributed by atoms with E-state index in [2.05, 4.69) is 29.6 Å². The molecule has 4 aliphatic rings. The number of carbonyl (C=O) groups excluding carboxylic acids is 4. The topological polar surface area (TPSA) is 136 Å². The highest BCUT2D eigenvalue weighted by Gasteiger charge is 2.59. The summed E-state index contributed by atoms with van der Waals surface area (Å²) in [7, 11) is 0. The van der Waals surface area contributed by atoms with Crippen LogP contribution >= 0.6 is 0 Å². The van der Waals surface area contributed by atoms with Crippen LogP contribution in [0.5, 0.6) is 0 Å². The maximum Gasteiger partial charge on any atom is 0.436 e. The number of fused-ring (bicyclic) bond motifs is 5. The van der Waals surface area contributed by atoms with Crippen LogP contribution in [-0.2, 0) is 19.1 Å². The monoisotopic (exact) mass is 658 g/mol. The molecule has 4 rings (SSSR count). The van der Waals surface area contributed by atoms with Gasteiger partial charge in [-0.15, -0.1) is 0 Å². The summed E-state index contributed by atoms with van der Waals surface area (Å²) in [6.07, 6.45) is 8.32. The highest BCUT2D eigenvalue weighted by molar-refractivity contribution is 5.91. The molecule has 3 saturated carbocycles. The molecule has 0 radical (unpaired) electrons. The minimum absolute atomic E-state index is 0.0809. The molecule has 0 saturated heterocycles. The normalized spacial score (nSPS) is 30.6. The van der Waals surface area contributed by atoms with Crippen LogP contribution in [-0.4, -0.2) is 72.1 Å². The number of ketones is 1. The molecule has 0 aromatic carbocycles. The summed E-state index contributed by atoms with van der Waals surface area (Å²) in [4.78, 5) is 56.7. The standard InChI is InChI=1S/C36H58N4O7/c1-23(27-12-13-28-26-11-10-24-22-25(41)14-16-35(24,8)29(26)15-17-36(27,28)9)39-47-32(44)40(20-18-37-30(42)45-33(2,3)4)21-19-38-31(43)46-34(5,6)7/h22,26-29H,10-21H2,1-9H3,(H,37,42)(H,38,43)/b39-23+/t26-,27+,28-,29-,35-,36+/m0/s1. The van der Waals surface area contributed by atoms with Gasteiger partial charge in [0.1, 0.15) is 11.2 Å². The zero-order chi connectivity index (χ0) is 34.8. The molecule has 47 heavy (non-hydrogen) atoms. The molecule has 11 heteroatoms. The fourth-order valence-corrected chi connectivity index (χ4v) is 8.99. The number of rotatable bonds is 8. The van der Waals surface area contributed by atoms with Gasteiger partial charge in [0.15, 0.2) is 5.78 Å². The quantitative estimate of drug-likeness (QED) is 0.163. The SMILES string of the molecule is C/C(=N\OC(=O)N(CCNC(=O)OC(C)(C)C)CCNC(=O)OC(C)(C)C)[C@H]1CC[C@H]2[C@@H]3CCC4=CC(=O)CC[C@]4(C)[C@H]3CC[C@]12C. The zero-order valence-electron chi connectivity index (χ0n) is 30.1. The van der Waals surface area contributed by atoms with Gasteiger partial charge < -0.3 is 25.0 Å². The summed E-state index contributed by atoms with van der Waals surface area (Å²) in [5.74, 6) is 2.33. The van der Waals surface area contributed by atoms with Crippen LogP contribution in [0.3, 0.4) is 0 Å². The summed E-state index contributed by atoms with van der Waals surface area (Å²) < 4.78 is 10.6. The van der Waals surface area contributed by atoms with E-state index in [1.807, 2.05) is 13.0 Å². The van der Waals surface area contributed by atoms with Crippen LogP contribution in [0.2, 0.25) is 0 Å². The Morgan fingerprint density at radius 2 is 1.47 bits per heavy atom. The first-order valence-corrected chi connectivity index (χ1v) is 17.5. The molecule has 0 bridgehead atoms. The van der Waals surface area contributed by atoms with E-state index in [1.54, 1.807) is 41.5 Å². The van der Waals surface area contributed by atoms with Crippen molar-refractivity contribution in [3.8, 4) is 0 Å². The Hall–Kier alpha value is -3.11. The fourth-order valence-electron chi connectivity index (χ4n) is 8.99. The van der Waals surface area contributed by atoms with Crippen LogP contribution in [0.25, 0.3) is 0 Å². The number of amides is 3. The van der Waals surface area contributed by atoms with Crippen molar-refractivity contribution >= 4 is 29.8 Å². The molecule has 0 aromatic rings. The Labute approximate surface area is 280 Å². The number of nitrogens with zero attached hydrogens (tertiary/aromatic N) is 2. The largest absolute Gasteiger partial charge is 0.444 e. The van der Waals surface area contributed by atoms with E-state index in [-0.39, 0.29) is 48.7 Å². The van der Waals surface area contributed by atoms with Crippen molar-refractivity contribution in [3.63, 3.8) is 0 Å². The molecular weight excluding hydrogens is 600 g/mol. The van der Waals surface area contributed by atoms with Gasteiger partial charge in [-0.25, -0.2) is 14.4 Å². The predicted molar refractivity (Wildman–Crippen MR) is 180 cm³/mol. The van der Waals surface area contributed by atoms with E-state index < -0.39 is 29.5 Å². The van der Waals surface area contributed by atoms with Gasteiger partial charge in [-0.1, -0.05) is 24.6 Å². The Kier molecular flexibility index (Phi) is 11.1. The first-order valence-electron chi connectivity index (χ1n) is 17.5. The number of ether oxygens (including phenoxy) is 2. The molecule has 0 unspecified atom stereocenters. The van der Waals surface area contributed by atoms with E-state index in [0.29, 0.717) is 24.2 Å². The van der Waals surface area contributed by atoms with Crippen LogP contribution in [0.4, 0.5) is 14.4 Å². The van der Waals surface area contributed by atoms with Gasteiger partial charge in [0.05, 0.1) is 5.71 Å². The van der Waals surface area contributed by atoms with Crippen molar-refractivity contribution in [2.75, 3.05) is 26.2 Å². The third-order valence-electron chi connectivity index (χ3n) is 11.1. The number of carbonyl (C=O) groups is 4. The lowest BCUT2D eigenvalue weighted by molar-refractivity contribution is -0.117. The smallest absolute Gasteiger partial charge is 0.436 e. The third kappa shape index (κ3) is 8.87. The highest BCUT2D eigenvalue weighted by atomic mass is 16.7. The minimum Gasteiger partial charge on any atom is -0.444 e. The van der Waals surface area contributed by atoms with E-state index in [0.717, 1.165) is 50.7 Å². The molecule has 0 aromatic heterocycles. The summed E-state index contributed by atoms with van der Waals surface area (Å²) in [6.45, 7) is 18.0. The van der Waals surface area contributed by atoms with Gasteiger partial charge in [0.2, 0.25) is 0 Å². The average molecular weight is 659 g/mol. The molecule has 0 aliphatic heterocycles. The van der Waals surface area contributed by atoms with Gasteiger partial charge in [-0.2, -0.15) is 0 Å². The lowest BCUT2D eigenvalue weighted by atomic mass is 9.46.